The molecule has 0 bridgehead atoms. The maximum atomic E-state index is 11.8. The molecule has 2 amide bonds. The average Bonchev–Trinajstić information content (AvgIpc) is 2.39. The van der Waals surface area contributed by atoms with Gasteiger partial charge in [-0.1, -0.05) is 19.4 Å². The third-order valence-electron chi connectivity index (χ3n) is 2.76. The molecule has 0 aliphatic heterocycles. The van der Waals surface area contributed by atoms with Crippen molar-refractivity contribution in [2.24, 2.45) is 0 Å². The van der Waals surface area contributed by atoms with Gasteiger partial charge in [0.2, 0.25) is 0 Å². The predicted octanol–water partition coefficient (Wildman–Crippen LogP) is 2.68. The number of anilines is 2. The zero-order chi connectivity index (χ0) is 14.3. The molecule has 106 valence electrons. The van der Waals surface area contributed by atoms with Crippen LogP contribution in [0.4, 0.5) is 16.2 Å². The van der Waals surface area contributed by atoms with Crippen molar-refractivity contribution in [3.8, 4) is 5.75 Å². The van der Waals surface area contributed by atoms with Crippen LogP contribution in [0.3, 0.4) is 0 Å². The fraction of sp³-hybridized carbons (Fsp3) is 0.500. The lowest BCUT2D eigenvalue weighted by Crippen LogP contribution is -2.30. The van der Waals surface area contributed by atoms with Crippen molar-refractivity contribution in [1.82, 2.24) is 5.32 Å². The number of nitrogens with one attached hydrogen (secondary N) is 2. The van der Waals surface area contributed by atoms with E-state index in [0.717, 1.165) is 18.5 Å². The van der Waals surface area contributed by atoms with Crippen molar-refractivity contribution in [2.75, 3.05) is 38.0 Å². The van der Waals surface area contributed by atoms with Crippen molar-refractivity contribution in [3.05, 3.63) is 18.2 Å². The summed E-state index contributed by atoms with van der Waals surface area (Å²) in [5, 5.41) is 5.68. The van der Waals surface area contributed by atoms with E-state index in [1.807, 2.05) is 37.2 Å². The second-order valence-corrected chi connectivity index (χ2v) is 4.48. The van der Waals surface area contributed by atoms with E-state index in [0.29, 0.717) is 18.0 Å². The maximum Gasteiger partial charge on any atom is 0.319 e. The molecule has 1 aromatic rings. The zero-order valence-corrected chi connectivity index (χ0v) is 12.1. The molecule has 0 saturated carbocycles. The first-order valence-electron chi connectivity index (χ1n) is 6.49. The lowest BCUT2D eigenvalue weighted by atomic mass is 10.2. The first-order valence-corrected chi connectivity index (χ1v) is 6.49. The van der Waals surface area contributed by atoms with Crippen LogP contribution in [0.2, 0.25) is 0 Å². The summed E-state index contributed by atoms with van der Waals surface area (Å²) in [6.07, 6.45) is 2.03. The number of carbonyl (C=O) groups excluding carboxylic acids is 1. The molecule has 0 aliphatic carbocycles. The topological polar surface area (TPSA) is 53.6 Å². The quantitative estimate of drug-likeness (QED) is 0.778. The Labute approximate surface area is 114 Å². The van der Waals surface area contributed by atoms with Crippen molar-refractivity contribution >= 4 is 17.4 Å². The number of urea groups is 1. The Hall–Kier alpha value is -1.91. The van der Waals surface area contributed by atoms with Crippen LogP contribution in [-0.2, 0) is 0 Å². The molecule has 0 unspecified atom stereocenters. The van der Waals surface area contributed by atoms with Crippen molar-refractivity contribution in [2.45, 2.75) is 19.8 Å². The van der Waals surface area contributed by atoms with Crippen LogP contribution >= 0.6 is 0 Å². The summed E-state index contributed by atoms with van der Waals surface area (Å²) in [6.45, 7) is 2.76. The van der Waals surface area contributed by atoms with Crippen LogP contribution in [0.5, 0.6) is 5.75 Å². The monoisotopic (exact) mass is 265 g/mol. The molecule has 0 fully saturated rings. The van der Waals surface area contributed by atoms with Crippen molar-refractivity contribution in [3.63, 3.8) is 0 Å². The number of hydrogen-bond donors (Lipinski definition) is 2. The number of methoxy groups -OCH3 is 1. The average molecular weight is 265 g/mol. The fourth-order valence-corrected chi connectivity index (χ4v) is 1.72. The Kier molecular flexibility index (Phi) is 5.99. The zero-order valence-electron chi connectivity index (χ0n) is 12.1. The highest BCUT2D eigenvalue weighted by atomic mass is 16.5. The molecule has 1 rings (SSSR count). The van der Waals surface area contributed by atoms with Crippen LogP contribution in [0.25, 0.3) is 0 Å². The summed E-state index contributed by atoms with van der Waals surface area (Å²) >= 11 is 0. The number of unbranched alkanes of at least 4 members (excludes halogenated alkanes) is 1. The Morgan fingerprint density at radius 1 is 1.37 bits per heavy atom. The molecule has 5 nitrogen and oxygen atoms in total. The number of benzene rings is 1. The van der Waals surface area contributed by atoms with Gasteiger partial charge in [0.1, 0.15) is 11.4 Å². The van der Waals surface area contributed by atoms with Gasteiger partial charge in [-0.05, 0) is 18.6 Å². The van der Waals surface area contributed by atoms with Gasteiger partial charge in [0.05, 0.1) is 12.8 Å². The Balaban J connectivity index is 2.83. The van der Waals surface area contributed by atoms with Gasteiger partial charge in [-0.25, -0.2) is 4.79 Å². The molecule has 0 heterocycles. The van der Waals surface area contributed by atoms with Gasteiger partial charge in [-0.2, -0.15) is 0 Å². The van der Waals surface area contributed by atoms with Crippen LogP contribution in [-0.4, -0.2) is 33.8 Å². The molecular weight excluding hydrogens is 242 g/mol. The van der Waals surface area contributed by atoms with E-state index in [1.165, 1.54) is 0 Å². The van der Waals surface area contributed by atoms with E-state index in [-0.39, 0.29) is 6.03 Å². The lowest BCUT2D eigenvalue weighted by molar-refractivity contribution is 0.252. The van der Waals surface area contributed by atoms with Gasteiger partial charge in [0.25, 0.3) is 0 Å². The molecule has 19 heavy (non-hydrogen) atoms. The molecule has 0 atom stereocenters. The molecule has 0 aromatic heterocycles. The summed E-state index contributed by atoms with van der Waals surface area (Å²) in [4.78, 5) is 13.8. The minimum Gasteiger partial charge on any atom is -0.494 e. The third-order valence-corrected chi connectivity index (χ3v) is 2.76. The van der Waals surface area contributed by atoms with E-state index in [2.05, 4.69) is 17.6 Å². The minimum absolute atomic E-state index is 0.207. The lowest BCUT2D eigenvalue weighted by Gasteiger charge is -2.20. The summed E-state index contributed by atoms with van der Waals surface area (Å²) in [6, 6.07) is 5.45. The number of para-hydroxylation sites is 1. The van der Waals surface area contributed by atoms with Crippen LogP contribution in [0.15, 0.2) is 18.2 Å². The second kappa shape index (κ2) is 7.51. The van der Waals surface area contributed by atoms with Gasteiger partial charge in [0, 0.05) is 20.6 Å². The highest BCUT2D eigenvalue weighted by Crippen LogP contribution is 2.33. The number of ether oxygens (including phenoxy) is 1. The van der Waals surface area contributed by atoms with Crippen molar-refractivity contribution < 1.29 is 9.53 Å². The molecule has 0 saturated heterocycles. The highest BCUT2D eigenvalue weighted by molar-refractivity contribution is 5.95. The number of amides is 2. The van der Waals surface area contributed by atoms with Gasteiger partial charge >= 0.3 is 6.03 Å². The number of hydrogen-bond acceptors (Lipinski definition) is 3. The second-order valence-electron chi connectivity index (χ2n) is 4.48. The Morgan fingerprint density at radius 2 is 2.11 bits per heavy atom. The molecule has 1 aromatic carbocycles. The third kappa shape index (κ3) is 4.35. The van der Waals surface area contributed by atoms with Crippen LogP contribution < -0.4 is 20.3 Å². The number of carbonyl (C=O) groups is 1. The molecule has 2 N–H and O–H groups in total. The summed E-state index contributed by atoms with van der Waals surface area (Å²) < 4.78 is 5.29. The van der Waals surface area contributed by atoms with Crippen LogP contribution in [0.1, 0.15) is 19.8 Å². The SMILES string of the molecule is CCCCNC(=O)Nc1c(OC)cccc1N(C)C. The molecule has 5 heteroatoms. The molecular formula is C14H23N3O2. The maximum absolute atomic E-state index is 11.8. The predicted molar refractivity (Wildman–Crippen MR) is 79.3 cm³/mol. The Morgan fingerprint density at radius 3 is 2.68 bits per heavy atom. The first-order chi connectivity index (χ1) is 9.10. The minimum atomic E-state index is -0.207. The van der Waals surface area contributed by atoms with Crippen LogP contribution in [0, 0.1) is 0 Å². The highest BCUT2D eigenvalue weighted by Gasteiger charge is 2.13. The Bertz CT molecular complexity index is 419. The van der Waals surface area contributed by atoms with Gasteiger partial charge < -0.3 is 20.3 Å². The smallest absolute Gasteiger partial charge is 0.319 e. The summed E-state index contributed by atoms with van der Waals surface area (Å²) in [5.41, 5.74) is 1.59. The van der Waals surface area contributed by atoms with E-state index in [9.17, 15) is 4.79 Å². The molecule has 0 radical (unpaired) electrons. The van der Waals surface area contributed by atoms with E-state index in [1.54, 1.807) is 7.11 Å². The molecule has 0 spiro atoms. The van der Waals surface area contributed by atoms with Gasteiger partial charge in [0.15, 0.2) is 0 Å². The van der Waals surface area contributed by atoms with Crippen molar-refractivity contribution in [1.29, 1.82) is 0 Å². The largest absolute Gasteiger partial charge is 0.494 e. The fourth-order valence-electron chi connectivity index (χ4n) is 1.72. The normalized spacial score (nSPS) is 9.89. The number of rotatable bonds is 6. The van der Waals surface area contributed by atoms with E-state index < -0.39 is 0 Å². The summed E-state index contributed by atoms with van der Waals surface area (Å²) in [5.74, 6) is 0.650. The van der Waals surface area contributed by atoms with Gasteiger partial charge in [-0.15, -0.1) is 0 Å². The molecule has 0 aliphatic rings. The summed E-state index contributed by atoms with van der Waals surface area (Å²) in [7, 11) is 5.44. The number of nitrogens with zero attached hydrogens (tertiary/aromatic N) is 1. The van der Waals surface area contributed by atoms with E-state index in [4.69, 9.17) is 4.74 Å². The van der Waals surface area contributed by atoms with Gasteiger partial charge in [-0.3, -0.25) is 0 Å². The van der Waals surface area contributed by atoms with E-state index >= 15 is 0 Å². The standard InChI is InChI=1S/C14H23N3O2/c1-5-6-10-15-14(18)16-13-11(17(2)3)8-7-9-12(13)19-4/h7-9H,5-6,10H2,1-4H3,(H2,15,16,18). The first kappa shape index (κ1) is 15.1.